The summed E-state index contributed by atoms with van der Waals surface area (Å²) in [5.74, 6) is 0. The van der Waals surface area contributed by atoms with E-state index in [1.165, 1.54) is 6.42 Å². The third kappa shape index (κ3) is 4.78. The number of hydrogen-bond acceptors (Lipinski definition) is 4. The molecule has 0 aliphatic heterocycles. The van der Waals surface area contributed by atoms with Gasteiger partial charge in [-0.1, -0.05) is 0 Å². The van der Waals surface area contributed by atoms with E-state index in [9.17, 15) is 0 Å². The molecule has 0 aromatic heterocycles. The van der Waals surface area contributed by atoms with Gasteiger partial charge in [-0.15, -0.1) is 0 Å². The molecule has 1 N–H and O–H groups in total. The van der Waals surface area contributed by atoms with E-state index in [-0.39, 0.29) is 6.29 Å². The maximum atomic E-state index is 5.48. The highest BCUT2D eigenvalue weighted by atomic mass is 16.7. The zero-order chi connectivity index (χ0) is 11.8. The average molecular weight is 231 g/mol. The largest absolute Gasteiger partial charge is 0.381 e. The maximum absolute atomic E-state index is 5.48. The summed E-state index contributed by atoms with van der Waals surface area (Å²) in [6.45, 7) is 6.13. The Morgan fingerprint density at radius 1 is 1.19 bits per heavy atom. The van der Waals surface area contributed by atoms with Gasteiger partial charge in [0.2, 0.25) is 0 Å². The molecule has 0 heterocycles. The predicted molar refractivity (Wildman–Crippen MR) is 63.5 cm³/mol. The van der Waals surface area contributed by atoms with Crippen molar-refractivity contribution in [2.45, 2.75) is 51.5 Å². The monoisotopic (exact) mass is 231 g/mol. The van der Waals surface area contributed by atoms with Crippen LogP contribution in [0.15, 0.2) is 0 Å². The highest BCUT2D eigenvalue weighted by molar-refractivity contribution is 4.81. The number of rotatable bonds is 8. The number of nitrogens with one attached hydrogen (secondary N) is 1. The lowest BCUT2D eigenvalue weighted by atomic mass is 10.2. The van der Waals surface area contributed by atoms with E-state index < -0.39 is 0 Å². The summed E-state index contributed by atoms with van der Waals surface area (Å²) in [5.41, 5.74) is 0. The van der Waals surface area contributed by atoms with Gasteiger partial charge in [0.05, 0.1) is 6.10 Å². The third-order valence-corrected chi connectivity index (χ3v) is 3.00. The quantitative estimate of drug-likeness (QED) is 0.643. The third-order valence-electron chi connectivity index (χ3n) is 3.00. The minimum atomic E-state index is -0.114. The standard InChI is InChI=1S/C12H25NO3/c1-4-15-12(16-5-2)9-13-10-6-7-11(8-10)14-3/h10-13H,4-9H2,1-3H3. The van der Waals surface area contributed by atoms with Crippen LogP contribution in [0.3, 0.4) is 0 Å². The highest BCUT2D eigenvalue weighted by Gasteiger charge is 2.24. The molecule has 1 saturated carbocycles. The zero-order valence-electron chi connectivity index (χ0n) is 10.7. The first-order valence-electron chi connectivity index (χ1n) is 6.29. The molecule has 4 nitrogen and oxygen atoms in total. The van der Waals surface area contributed by atoms with Crippen molar-refractivity contribution in [3.05, 3.63) is 0 Å². The van der Waals surface area contributed by atoms with Crippen LogP contribution in [0.4, 0.5) is 0 Å². The Labute approximate surface area is 98.6 Å². The molecular formula is C12H25NO3. The molecule has 96 valence electrons. The first kappa shape index (κ1) is 13.9. The van der Waals surface area contributed by atoms with E-state index in [2.05, 4.69) is 5.32 Å². The lowest BCUT2D eigenvalue weighted by Gasteiger charge is -2.20. The molecule has 1 aliphatic rings. The molecular weight excluding hydrogens is 206 g/mol. The first-order chi connectivity index (χ1) is 7.80. The van der Waals surface area contributed by atoms with Gasteiger partial charge in [0.1, 0.15) is 0 Å². The first-order valence-corrected chi connectivity index (χ1v) is 6.29. The van der Waals surface area contributed by atoms with E-state index >= 15 is 0 Å². The summed E-state index contributed by atoms with van der Waals surface area (Å²) >= 11 is 0. The van der Waals surface area contributed by atoms with Crippen molar-refractivity contribution in [2.75, 3.05) is 26.9 Å². The second-order valence-corrected chi connectivity index (χ2v) is 4.12. The Hall–Kier alpha value is -0.160. The van der Waals surface area contributed by atoms with E-state index in [1.54, 1.807) is 7.11 Å². The minimum Gasteiger partial charge on any atom is -0.381 e. The Kier molecular flexibility index (Phi) is 6.96. The van der Waals surface area contributed by atoms with Crippen LogP contribution in [0.25, 0.3) is 0 Å². The normalized spacial score (nSPS) is 25.5. The maximum Gasteiger partial charge on any atom is 0.169 e. The molecule has 0 radical (unpaired) electrons. The van der Waals surface area contributed by atoms with Crippen molar-refractivity contribution in [3.8, 4) is 0 Å². The predicted octanol–water partition coefficient (Wildman–Crippen LogP) is 1.54. The minimum absolute atomic E-state index is 0.114. The Morgan fingerprint density at radius 2 is 1.88 bits per heavy atom. The van der Waals surface area contributed by atoms with Gasteiger partial charge < -0.3 is 19.5 Å². The van der Waals surface area contributed by atoms with Crippen molar-refractivity contribution < 1.29 is 14.2 Å². The van der Waals surface area contributed by atoms with Gasteiger partial charge in [-0.25, -0.2) is 0 Å². The molecule has 4 heteroatoms. The van der Waals surface area contributed by atoms with Crippen LogP contribution in [0.2, 0.25) is 0 Å². The summed E-state index contributed by atoms with van der Waals surface area (Å²) < 4.78 is 16.3. The Balaban J connectivity index is 2.16. The van der Waals surface area contributed by atoms with Crippen LogP contribution in [0.1, 0.15) is 33.1 Å². The molecule has 0 spiro atoms. The van der Waals surface area contributed by atoms with Crippen LogP contribution in [-0.2, 0) is 14.2 Å². The SMILES string of the molecule is CCOC(CNC1CCC(OC)C1)OCC. The molecule has 1 fully saturated rings. The Morgan fingerprint density at radius 3 is 2.38 bits per heavy atom. The number of ether oxygens (including phenoxy) is 3. The van der Waals surface area contributed by atoms with E-state index in [0.29, 0.717) is 25.4 Å². The van der Waals surface area contributed by atoms with Gasteiger partial charge in [0.15, 0.2) is 6.29 Å². The molecule has 1 rings (SSSR count). The highest BCUT2D eigenvalue weighted by Crippen LogP contribution is 2.21. The molecule has 16 heavy (non-hydrogen) atoms. The summed E-state index contributed by atoms with van der Waals surface area (Å²) in [7, 11) is 1.79. The molecule has 0 aromatic rings. The van der Waals surface area contributed by atoms with E-state index in [4.69, 9.17) is 14.2 Å². The molecule has 0 saturated heterocycles. The molecule has 0 amide bonds. The average Bonchev–Trinajstić information content (AvgIpc) is 2.74. The number of hydrogen-bond donors (Lipinski definition) is 1. The fraction of sp³-hybridized carbons (Fsp3) is 1.00. The van der Waals surface area contributed by atoms with Gasteiger partial charge in [-0.05, 0) is 33.1 Å². The lowest BCUT2D eigenvalue weighted by molar-refractivity contribution is -0.133. The van der Waals surface area contributed by atoms with Crippen molar-refractivity contribution in [2.24, 2.45) is 0 Å². The van der Waals surface area contributed by atoms with Gasteiger partial charge in [-0.2, -0.15) is 0 Å². The molecule has 2 unspecified atom stereocenters. The molecule has 1 aliphatic carbocycles. The van der Waals surface area contributed by atoms with E-state index in [0.717, 1.165) is 19.4 Å². The smallest absolute Gasteiger partial charge is 0.169 e. The van der Waals surface area contributed by atoms with Crippen LogP contribution in [0.5, 0.6) is 0 Å². The van der Waals surface area contributed by atoms with Crippen molar-refractivity contribution in [1.82, 2.24) is 5.32 Å². The topological polar surface area (TPSA) is 39.7 Å². The zero-order valence-corrected chi connectivity index (χ0v) is 10.7. The van der Waals surface area contributed by atoms with E-state index in [1.807, 2.05) is 13.8 Å². The van der Waals surface area contributed by atoms with Gasteiger partial charge in [0, 0.05) is 32.9 Å². The fourth-order valence-corrected chi connectivity index (χ4v) is 2.14. The lowest BCUT2D eigenvalue weighted by Crippen LogP contribution is -2.37. The van der Waals surface area contributed by atoms with Crippen LogP contribution in [0, 0.1) is 0 Å². The molecule has 0 bridgehead atoms. The second kappa shape index (κ2) is 8.01. The summed E-state index contributed by atoms with van der Waals surface area (Å²) in [5, 5.41) is 3.49. The van der Waals surface area contributed by atoms with Crippen molar-refractivity contribution in [1.29, 1.82) is 0 Å². The summed E-state index contributed by atoms with van der Waals surface area (Å²) in [4.78, 5) is 0. The van der Waals surface area contributed by atoms with Gasteiger partial charge >= 0.3 is 0 Å². The van der Waals surface area contributed by atoms with Crippen molar-refractivity contribution in [3.63, 3.8) is 0 Å². The van der Waals surface area contributed by atoms with Crippen LogP contribution >= 0.6 is 0 Å². The van der Waals surface area contributed by atoms with Crippen LogP contribution in [-0.4, -0.2) is 45.3 Å². The fourth-order valence-electron chi connectivity index (χ4n) is 2.14. The molecule has 2 atom stereocenters. The number of methoxy groups -OCH3 is 1. The summed E-state index contributed by atoms with van der Waals surface area (Å²) in [6, 6.07) is 0.549. The second-order valence-electron chi connectivity index (χ2n) is 4.12. The van der Waals surface area contributed by atoms with Gasteiger partial charge in [0.25, 0.3) is 0 Å². The Bertz CT molecular complexity index is 172. The summed E-state index contributed by atoms with van der Waals surface area (Å²) in [6.07, 6.45) is 3.75. The molecule has 0 aromatic carbocycles. The van der Waals surface area contributed by atoms with Gasteiger partial charge in [-0.3, -0.25) is 0 Å². The van der Waals surface area contributed by atoms with Crippen molar-refractivity contribution >= 4 is 0 Å². The van der Waals surface area contributed by atoms with Crippen LogP contribution < -0.4 is 5.32 Å².